The number of fused-ring (bicyclic) bond motifs is 1. The zero-order valence-corrected chi connectivity index (χ0v) is 31.0. The van der Waals surface area contributed by atoms with Gasteiger partial charge in [0.25, 0.3) is 0 Å². The van der Waals surface area contributed by atoms with E-state index >= 15 is 0 Å². The third-order valence-corrected chi connectivity index (χ3v) is 9.31. The van der Waals surface area contributed by atoms with Crippen molar-refractivity contribution in [3.8, 4) is 0 Å². The topological polar surface area (TPSA) is 182 Å². The van der Waals surface area contributed by atoms with Crippen molar-refractivity contribution in [1.82, 2.24) is 4.98 Å². The van der Waals surface area contributed by atoms with Crippen LogP contribution in [0, 0.1) is 35.0 Å². The van der Waals surface area contributed by atoms with E-state index in [1.54, 1.807) is 61.5 Å². The van der Waals surface area contributed by atoms with Gasteiger partial charge in [-0.05, 0) is 24.5 Å². The molecular formula is C38H51NO12. The quantitative estimate of drug-likeness (QED) is 0.228. The molecule has 51 heavy (non-hydrogen) atoms. The van der Waals surface area contributed by atoms with Crippen molar-refractivity contribution in [2.45, 2.75) is 112 Å². The Kier molecular flexibility index (Phi) is 13.1. The van der Waals surface area contributed by atoms with Crippen molar-refractivity contribution in [2.24, 2.45) is 35.0 Å². The molecule has 2 aliphatic carbocycles. The molecule has 0 unspecified atom stereocenters. The van der Waals surface area contributed by atoms with E-state index in [9.17, 15) is 33.9 Å². The second-order valence-corrected chi connectivity index (χ2v) is 14.8. The van der Waals surface area contributed by atoms with Crippen LogP contribution >= 0.6 is 0 Å². The second-order valence-electron chi connectivity index (χ2n) is 14.8. The predicted molar refractivity (Wildman–Crippen MR) is 182 cm³/mol. The van der Waals surface area contributed by atoms with Crippen molar-refractivity contribution in [2.75, 3.05) is 0 Å². The number of nitrogens with zero attached hydrogens (tertiary/aromatic N) is 1. The molecule has 1 saturated carbocycles. The van der Waals surface area contributed by atoms with Gasteiger partial charge in [0, 0.05) is 43.1 Å². The first-order chi connectivity index (χ1) is 23.6. The van der Waals surface area contributed by atoms with Crippen LogP contribution in [0.3, 0.4) is 0 Å². The molecule has 2 aliphatic rings. The van der Waals surface area contributed by atoms with E-state index in [0.29, 0.717) is 0 Å². The zero-order chi connectivity index (χ0) is 38.6. The molecule has 1 N–H and O–H groups in total. The normalized spacial score (nSPS) is 31.4. The van der Waals surface area contributed by atoms with Gasteiger partial charge >= 0.3 is 29.8 Å². The van der Waals surface area contributed by atoms with Crippen LogP contribution in [0.1, 0.15) is 86.0 Å². The lowest BCUT2D eigenvalue weighted by molar-refractivity contribution is -0.186. The highest BCUT2D eigenvalue weighted by Crippen LogP contribution is 2.49. The van der Waals surface area contributed by atoms with Gasteiger partial charge in [0.05, 0.1) is 23.3 Å². The molecule has 0 saturated heterocycles. The van der Waals surface area contributed by atoms with Crippen LogP contribution in [-0.2, 0) is 47.7 Å². The highest BCUT2D eigenvalue weighted by molar-refractivity contribution is 5.92. The average molecular weight is 714 g/mol. The SMILES string of the molecule is C=C1[C@@H](OC(=O)C(C)C)[C@@H](OC(C)=O)[C@@H](OC(=O)c2cccnc2)C(C)(C)/C=C/[C@@H](C)C(=O)[C@@]2(O)C[C@H](C)[C@H](OC(=O)C(C)C)[C@@H]2[C@H]1OC(C)=O. The summed E-state index contributed by atoms with van der Waals surface area (Å²) in [6.45, 7) is 19.4. The summed E-state index contributed by atoms with van der Waals surface area (Å²) in [5.41, 5.74) is -3.64. The Bertz CT molecular complexity index is 1530. The maximum Gasteiger partial charge on any atom is 0.340 e. The van der Waals surface area contributed by atoms with Gasteiger partial charge in [-0.15, -0.1) is 0 Å². The number of Topliss-reactive ketones (excluding diaryl/α,β-unsaturated/α-hetero) is 1. The number of carbonyl (C=O) groups excluding carboxylic acids is 6. The van der Waals surface area contributed by atoms with Gasteiger partial charge in [-0.3, -0.25) is 29.0 Å². The molecule has 1 aromatic rings. The first kappa shape index (κ1) is 41.0. The third-order valence-electron chi connectivity index (χ3n) is 9.31. The van der Waals surface area contributed by atoms with Gasteiger partial charge in [0.15, 0.2) is 24.1 Å². The van der Waals surface area contributed by atoms with Crippen LogP contribution in [0.15, 0.2) is 48.8 Å². The number of esters is 5. The molecule has 0 amide bonds. The summed E-state index contributed by atoms with van der Waals surface area (Å²) < 4.78 is 29.7. The summed E-state index contributed by atoms with van der Waals surface area (Å²) in [5, 5.41) is 12.4. The first-order valence-electron chi connectivity index (χ1n) is 17.1. The van der Waals surface area contributed by atoms with E-state index in [4.69, 9.17) is 23.7 Å². The van der Waals surface area contributed by atoms with E-state index in [1.165, 1.54) is 30.6 Å². The average Bonchev–Trinajstić information content (AvgIpc) is 3.30. The molecular weight excluding hydrogens is 662 g/mol. The number of pyridine rings is 1. The lowest BCUT2D eigenvalue weighted by Crippen LogP contribution is -2.58. The number of ether oxygens (including phenoxy) is 5. The van der Waals surface area contributed by atoms with E-state index in [0.717, 1.165) is 13.8 Å². The van der Waals surface area contributed by atoms with E-state index in [2.05, 4.69) is 11.6 Å². The van der Waals surface area contributed by atoms with Crippen molar-refractivity contribution in [1.29, 1.82) is 0 Å². The van der Waals surface area contributed by atoms with Gasteiger partial charge in [-0.1, -0.05) is 74.1 Å². The van der Waals surface area contributed by atoms with Crippen LogP contribution in [0.25, 0.3) is 0 Å². The van der Waals surface area contributed by atoms with Crippen molar-refractivity contribution < 1.29 is 57.6 Å². The molecule has 0 bridgehead atoms. The first-order valence-corrected chi connectivity index (χ1v) is 17.1. The van der Waals surface area contributed by atoms with Crippen LogP contribution < -0.4 is 0 Å². The zero-order valence-electron chi connectivity index (χ0n) is 31.0. The molecule has 13 heteroatoms. The Morgan fingerprint density at radius 3 is 2.00 bits per heavy atom. The summed E-state index contributed by atoms with van der Waals surface area (Å²) in [6.07, 6.45) is -1.87. The number of aromatic nitrogens is 1. The van der Waals surface area contributed by atoms with E-state index < -0.39 is 107 Å². The molecule has 3 rings (SSSR count). The van der Waals surface area contributed by atoms with Crippen LogP contribution in [0.5, 0.6) is 0 Å². The number of allylic oxidation sites excluding steroid dienone is 1. The summed E-state index contributed by atoms with van der Waals surface area (Å²) in [6, 6.07) is 3.01. The van der Waals surface area contributed by atoms with E-state index in [1.807, 2.05) is 0 Å². The fraction of sp³-hybridized carbons (Fsp3) is 0.605. The summed E-state index contributed by atoms with van der Waals surface area (Å²) >= 11 is 0. The third kappa shape index (κ3) is 9.29. The molecule has 0 aliphatic heterocycles. The fourth-order valence-electron chi connectivity index (χ4n) is 6.60. The Morgan fingerprint density at radius 2 is 1.47 bits per heavy atom. The number of hydrogen-bond donors (Lipinski definition) is 1. The summed E-state index contributed by atoms with van der Waals surface area (Å²) in [5.74, 6) is -8.95. The number of ketones is 1. The minimum absolute atomic E-state index is 0.0701. The molecule has 1 fully saturated rings. The lowest BCUT2D eigenvalue weighted by atomic mass is 9.72. The largest absolute Gasteiger partial charge is 0.461 e. The maximum absolute atomic E-state index is 14.4. The lowest BCUT2D eigenvalue weighted by Gasteiger charge is -2.44. The van der Waals surface area contributed by atoms with Crippen molar-refractivity contribution in [3.05, 3.63) is 54.4 Å². The minimum atomic E-state index is -2.24. The monoisotopic (exact) mass is 713 g/mol. The molecule has 0 aromatic carbocycles. The highest BCUT2D eigenvalue weighted by Gasteiger charge is 2.63. The smallest absolute Gasteiger partial charge is 0.340 e. The van der Waals surface area contributed by atoms with Crippen LogP contribution in [0.2, 0.25) is 0 Å². The van der Waals surface area contributed by atoms with Crippen molar-refractivity contribution in [3.63, 3.8) is 0 Å². The Labute approximate surface area is 299 Å². The highest BCUT2D eigenvalue weighted by atomic mass is 16.6. The van der Waals surface area contributed by atoms with Gasteiger partial charge < -0.3 is 28.8 Å². The minimum Gasteiger partial charge on any atom is -0.461 e. The molecule has 13 nitrogen and oxygen atoms in total. The van der Waals surface area contributed by atoms with E-state index in [-0.39, 0.29) is 17.6 Å². The number of rotatable bonds is 8. The maximum atomic E-state index is 14.4. The summed E-state index contributed by atoms with van der Waals surface area (Å²) in [7, 11) is 0. The Balaban J connectivity index is 2.43. The fourth-order valence-corrected chi connectivity index (χ4v) is 6.60. The molecule has 0 spiro atoms. The predicted octanol–water partition coefficient (Wildman–Crippen LogP) is 4.35. The molecule has 0 radical (unpaired) electrons. The number of hydrogen-bond acceptors (Lipinski definition) is 13. The molecule has 1 aromatic heterocycles. The molecule has 280 valence electrons. The van der Waals surface area contributed by atoms with Crippen molar-refractivity contribution >= 4 is 35.6 Å². The second kappa shape index (κ2) is 16.3. The van der Waals surface area contributed by atoms with Gasteiger partial charge in [-0.25, -0.2) is 4.79 Å². The molecule has 9 atom stereocenters. The van der Waals surface area contributed by atoms with Crippen LogP contribution in [-0.4, -0.2) is 81.8 Å². The van der Waals surface area contributed by atoms with Crippen LogP contribution in [0.4, 0.5) is 0 Å². The Hall–Kier alpha value is -4.39. The van der Waals surface area contributed by atoms with Gasteiger partial charge in [-0.2, -0.15) is 0 Å². The molecule has 1 heterocycles. The number of aliphatic hydroxyl groups is 1. The van der Waals surface area contributed by atoms with Gasteiger partial charge in [0.1, 0.15) is 17.8 Å². The Morgan fingerprint density at radius 1 is 0.882 bits per heavy atom. The standard InChI is InChI=1S/C38H51NO12/c1-19(2)34(43)49-28-22(6)17-38(46)27(28)29(47-24(8)40)23(7)30(50-35(44)20(3)4)31(48-25(9)41)33(37(10,11)15-14-21(5)32(38)42)51-36(45)26-13-12-16-39-18-26/h12-16,18-22,27-31,33,46H,7,17H2,1-6,8-11H3/b15-14+/t21-,22+,27-,28+,29+,30-,31-,33-,38-/m1/s1. The van der Waals surface area contributed by atoms with Gasteiger partial charge in [0.2, 0.25) is 0 Å². The summed E-state index contributed by atoms with van der Waals surface area (Å²) in [4.78, 5) is 84.1. The number of carbonyl (C=O) groups is 6.